The zero-order valence-electron chi connectivity index (χ0n) is 12.2. The molecule has 1 spiro atoms. The van der Waals surface area contributed by atoms with Gasteiger partial charge in [0.2, 0.25) is 11.5 Å². The van der Waals surface area contributed by atoms with Gasteiger partial charge in [0.15, 0.2) is 17.6 Å². The summed E-state index contributed by atoms with van der Waals surface area (Å²) in [6.07, 6.45) is -0.399. The van der Waals surface area contributed by atoms with Crippen LogP contribution in [0, 0.1) is 0 Å². The molecule has 1 saturated heterocycles. The average Bonchev–Trinajstić information content (AvgIpc) is 3.22. The van der Waals surface area contributed by atoms with Crippen molar-refractivity contribution in [3.05, 3.63) is 53.6 Å². The number of methoxy groups -OCH3 is 2. The summed E-state index contributed by atoms with van der Waals surface area (Å²) in [6.45, 7) is 0. The van der Waals surface area contributed by atoms with Gasteiger partial charge in [0.1, 0.15) is 0 Å². The largest absolute Gasteiger partial charge is 0.493 e. The summed E-state index contributed by atoms with van der Waals surface area (Å²) in [5.41, 5.74) is 1.37. The fourth-order valence-electron chi connectivity index (χ4n) is 2.87. The highest BCUT2D eigenvalue weighted by molar-refractivity contribution is 6.09. The van der Waals surface area contributed by atoms with Gasteiger partial charge in [-0.1, -0.05) is 30.3 Å². The van der Waals surface area contributed by atoms with Crippen LogP contribution in [0.5, 0.6) is 17.2 Å². The third-order valence-electron chi connectivity index (χ3n) is 4.00. The molecular weight excluding hydrogens is 284 g/mol. The van der Waals surface area contributed by atoms with Gasteiger partial charge in [-0.3, -0.25) is 4.79 Å². The quantitative estimate of drug-likeness (QED) is 0.816. The normalized spacial score (nSPS) is 24.8. The van der Waals surface area contributed by atoms with Crippen molar-refractivity contribution in [1.29, 1.82) is 0 Å². The number of benzene rings is 2. The molecule has 1 fully saturated rings. The number of Topliss-reactive ketones (excluding diaryl/α,β-unsaturated/α-hetero) is 1. The van der Waals surface area contributed by atoms with Crippen molar-refractivity contribution < 1.29 is 23.7 Å². The lowest BCUT2D eigenvalue weighted by Gasteiger charge is -2.11. The third-order valence-corrected chi connectivity index (χ3v) is 4.00. The number of hydrogen-bond acceptors (Lipinski definition) is 5. The Kier molecular flexibility index (Phi) is 2.68. The molecule has 0 radical (unpaired) electrons. The molecule has 2 aromatic carbocycles. The third kappa shape index (κ3) is 1.60. The van der Waals surface area contributed by atoms with Crippen LogP contribution in [0.25, 0.3) is 0 Å². The van der Waals surface area contributed by atoms with Crippen LogP contribution in [0.3, 0.4) is 0 Å². The number of rotatable bonds is 3. The first-order valence-electron chi connectivity index (χ1n) is 6.93. The van der Waals surface area contributed by atoms with Gasteiger partial charge >= 0.3 is 5.79 Å². The van der Waals surface area contributed by atoms with Crippen molar-refractivity contribution in [2.24, 2.45) is 0 Å². The fraction of sp³-hybridized carbons (Fsp3) is 0.235. The van der Waals surface area contributed by atoms with Crippen LogP contribution >= 0.6 is 0 Å². The zero-order valence-corrected chi connectivity index (χ0v) is 12.2. The Morgan fingerprint density at radius 1 is 1.05 bits per heavy atom. The predicted molar refractivity (Wildman–Crippen MR) is 77.5 cm³/mol. The van der Waals surface area contributed by atoms with E-state index in [1.807, 2.05) is 30.3 Å². The summed E-state index contributed by atoms with van der Waals surface area (Å²) >= 11 is 0. The highest BCUT2D eigenvalue weighted by atomic mass is 16.8. The molecule has 2 aromatic rings. The van der Waals surface area contributed by atoms with E-state index in [1.54, 1.807) is 12.1 Å². The van der Waals surface area contributed by atoms with Gasteiger partial charge < -0.3 is 18.9 Å². The van der Waals surface area contributed by atoms with E-state index in [-0.39, 0.29) is 5.78 Å². The molecule has 0 saturated carbocycles. The Hall–Kier alpha value is -2.53. The monoisotopic (exact) mass is 298 g/mol. The lowest BCUT2D eigenvalue weighted by molar-refractivity contribution is 0.0529. The van der Waals surface area contributed by atoms with Crippen LogP contribution in [0.1, 0.15) is 22.0 Å². The Balaban J connectivity index is 1.75. The van der Waals surface area contributed by atoms with Crippen molar-refractivity contribution in [2.45, 2.75) is 11.9 Å². The first kappa shape index (κ1) is 13.2. The minimum Gasteiger partial charge on any atom is -0.493 e. The number of hydrogen-bond donors (Lipinski definition) is 0. The maximum atomic E-state index is 12.7. The Bertz CT molecular complexity index is 755. The summed E-state index contributed by atoms with van der Waals surface area (Å²) in [7, 11) is 3.05. The second-order valence-electron chi connectivity index (χ2n) is 5.19. The van der Waals surface area contributed by atoms with Gasteiger partial charge in [-0.15, -0.1) is 0 Å². The van der Waals surface area contributed by atoms with Crippen LogP contribution in [-0.4, -0.2) is 25.8 Å². The van der Waals surface area contributed by atoms with E-state index >= 15 is 0 Å². The van der Waals surface area contributed by atoms with Gasteiger partial charge in [-0.2, -0.15) is 0 Å². The molecule has 5 heteroatoms. The molecule has 112 valence electrons. The van der Waals surface area contributed by atoms with Crippen LogP contribution in [0.4, 0.5) is 0 Å². The van der Waals surface area contributed by atoms with Gasteiger partial charge in [0, 0.05) is 0 Å². The number of ether oxygens (including phenoxy) is 4. The first-order chi connectivity index (χ1) is 10.7. The lowest BCUT2D eigenvalue weighted by Crippen LogP contribution is -2.25. The molecule has 0 aliphatic carbocycles. The van der Waals surface area contributed by atoms with Gasteiger partial charge in [-0.05, 0) is 17.7 Å². The SMILES string of the molecule is COc1ccc2c(c1OC)OC1(OC1c1ccccc1)C2=O. The van der Waals surface area contributed by atoms with E-state index in [0.29, 0.717) is 22.8 Å². The number of epoxide rings is 1. The van der Waals surface area contributed by atoms with Crippen molar-refractivity contribution >= 4 is 5.78 Å². The molecule has 2 unspecified atom stereocenters. The summed E-state index contributed by atoms with van der Waals surface area (Å²) in [5.74, 6) is -0.137. The lowest BCUT2D eigenvalue weighted by atomic mass is 10.0. The molecule has 0 aromatic heterocycles. The van der Waals surface area contributed by atoms with E-state index in [4.69, 9.17) is 18.9 Å². The molecule has 2 aliphatic heterocycles. The highest BCUT2D eigenvalue weighted by Crippen LogP contribution is 2.59. The van der Waals surface area contributed by atoms with Crippen molar-refractivity contribution in [1.82, 2.24) is 0 Å². The predicted octanol–water partition coefficient (Wildman–Crippen LogP) is 2.75. The van der Waals surface area contributed by atoms with Gasteiger partial charge in [0.25, 0.3) is 0 Å². The van der Waals surface area contributed by atoms with E-state index in [9.17, 15) is 4.79 Å². The molecule has 2 atom stereocenters. The molecule has 2 aliphatic rings. The molecule has 0 amide bonds. The zero-order chi connectivity index (χ0) is 15.3. The summed E-state index contributed by atoms with van der Waals surface area (Å²) in [4.78, 5) is 12.7. The van der Waals surface area contributed by atoms with E-state index in [0.717, 1.165) is 5.56 Å². The van der Waals surface area contributed by atoms with E-state index in [1.165, 1.54) is 14.2 Å². The van der Waals surface area contributed by atoms with E-state index in [2.05, 4.69) is 0 Å². The van der Waals surface area contributed by atoms with Crippen molar-refractivity contribution in [3.8, 4) is 17.2 Å². The summed E-state index contributed by atoms with van der Waals surface area (Å²) < 4.78 is 22.1. The first-order valence-corrected chi connectivity index (χ1v) is 6.93. The Morgan fingerprint density at radius 2 is 1.82 bits per heavy atom. The summed E-state index contributed by atoms with van der Waals surface area (Å²) in [6, 6.07) is 12.9. The van der Waals surface area contributed by atoms with Crippen molar-refractivity contribution in [2.75, 3.05) is 14.2 Å². The Morgan fingerprint density at radius 3 is 2.50 bits per heavy atom. The standard InChI is InChI=1S/C17H14O5/c1-19-12-9-8-11-13(14(12)20-2)21-17(15(11)18)16(22-17)10-6-4-3-5-7-10/h3-9,16H,1-2H3. The number of fused-ring (bicyclic) bond motifs is 1. The maximum Gasteiger partial charge on any atom is 0.307 e. The molecule has 0 bridgehead atoms. The van der Waals surface area contributed by atoms with Crippen molar-refractivity contribution in [3.63, 3.8) is 0 Å². The van der Waals surface area contributed by atoms with E-state index < -0.39 is 11.9 Å². The smallest absolute Gasteiger partial charge is 0.307 e. The average molecular weight is 298 g/mol. The minimum absolute atomic E-state index is 0.183. The topological polar surface area (TPSA) is 57.3 Å². The number of carbonyl (C=O) groups excluding carboxylic acids is 1. The summed E-state index contributed by atoms with van der Waals surface area (Å²) in [5, 5.41) is 0. The maximum absolute atomic E-state index is 12.7. The molecule has 2 heterocycles. The molecule has 22 heavy (non-hydrogen) atoms. The van der Waals surface area contributed by atoms with Crippen LogP contribution < -0.4 is 14.2 Å². The number of ketones is 1. The minimum atomic E-state index is -1.26. The second-order valence-corrected chi connectivity index (χ2v) is 5.19. The highest BCUT2D eigenvalue weighted by Gasteiger charge is 2.70. The van der Waals surface area contributed by atoms with Crippen LogP contribution in [0.2, 0.25) is 0 Å². The fourth-order valence-corrected chi connectivity index (χ4v) is 2.87. The van der Waals surface area contributed by atoms with Gasteiger partial charge in [0.05, 0.1) is 19.8 Å². The Labute approximate surface area is 127 Å². The van der Waals surface area contributed by atoms with Crippen LogP contribution in [0.15, 0.2) is 42.5 Å². The molecule has 5 nitrogen and oxygen atoms in total. The number of carbonyl (C=O) groups is 1. The molecule has 4 rings (SSSR count). The second kappa shape index (κ2) is 4.48. The van der Waals surface area contributed by atoms with Gasteiger partial charge in [-0.25, -0.2) is 0 Å². The van der Waals surface area contributed by atoms with Crippen LogP contribution in [-0.2, 0) is 4.74 Å². The molecular formula is C17H14O5. The molecule has 0 N–H and O–H groups in total.